The van der Waals surface area contributed by atoms with Crippen molar-refractivity contribution in [1.82, 2.24) is 9.55 Å². The number of fused-ring (bicyclic) bond motifs is 1. The van der Waals surface area contributed by atoms with Gasteiger partial charge < -0.3 is 14.9 Å². The van der Waals surface area contributed by atoms with Gasteiger partial charge in [-0.25, -0.2) is 9.36 Å². The second-order valence-corrected chi connectivity index (χ2v) is 10.5. The number of carbonyl (C=O) groups excluding carboxylic acids is 1. The van der Waals surface area contributed by atoms with Crippen LogP contribution in [0.5, 0.6) is 0 Å². The third-order valence-corrected chi connectivity index (χ3v) is 7.60. The Hall–Kier alpha value is -1.31. The number of thioether (sulfide) groups is 1. The van der Waals surface area contributed by atoms with Gasteiger partial charge in [0.15, 0.2) is 11.3 Å². The van der Waals surface area contributed by atoms with E-state index in [9.17, 15) is 29.2 Å². The molecule has 2 aliphatic rings. The van der Waals surface area contributed by atoms with Gasteiger partial charge in [-0.15, -0.1) is 0 Å². The smallest absolute Gasteiger partial charge is 0.395 e. The normalized spacial score (nSPS) is 31.2. The molecule has 31 heavy (non-hydrogen) atoms. The number of aromatic amines is 1. The van der Waals surface area contributed by atoms with E-state index in [0.29, 0.717) is 0 Å². The minimum atomic E-state index is -3.93. The van der Waals surface area contributed by atoms with Crippen LogP contribution in [-0.2, 0) is 27.7 Å². The Labute approximate surface area is 181 Å². The van der Waals surface area contributed by atoms with Gasteiger partial charge in [0, 0.05) is 23.9 Å². The van der Waals surface area contributed by atoms with Crippen molar-refractivity contribution in [2.24, 2.45) is 11.3 Å². The molecule has 0 saturated carbocycles. The number of aliphatic hydroxyl groups excluding tert-OH is 2. The molecule has 1 aromatic heterocycles. The molecule has 3 N–H and O–H groups in total. The molecule has 174 valence electrons. The first-order valence-corrected chi connectivity index (χ1v) is 12.0. The molecule has 2 aliphatic heterocycles. The minimum absolute atomic E-state index is 0.0939. The number of hydrogen-bond donors (Lipinski definition) is 3. The summed E-state index contributed by atoms with van der Waals surface area (Å²) < 4.78 is 35.3. The van der Waals surface area contributed by atoms with Crippen LogP contribution in [0.15, 0.2) is 21.9 Å². The lowest BCUT2D eigenvalue weighted by molar-refractivity contribution is -0.119. The summed E-state index contributed by atoms with van der Waals surface area (Å²) in [6, 6.07) is 1.13. The van der Waals surface area contributed by atoms with Crippen LogP contribution in [0.1, 0.15) is 20.1 Å². The molecular formula is C17H25N2O10PS. The largest absolute Gasteiger partial charge is 0.474 e. The van der Waals surface area contributed by atoms with Crippen molar-refractivity contribution in [2.45, 2.75) is 32.3 Å². The second-order valence-electron chi connectivity index (χ2n) is 7.79. The van der Waals surface area contributed by atoms with Gasteiger partial charge in [0.1, 0.15) is 6.10 Å². The molecular weight excluding hydrogens is 455 g/mol. The Morgan fingerprint density at radius 3 is 2.77 bits per heavy atom. The van der Waals surface area contributed by atoms with Gasteiger partial charge in [-0.3, -0.25) is 32.7 Å². The predicted octanol–water partition coefficient (Wildman–Crippen LogP) is -0.139. The fraction of sp³-hybridized carbons (Fsp3) is 0.706. The summed E-state index contributed by atoms with van der Waals surface area (Å²) in [5.41, 5.74) is -2.20. The number of nitrogens with zero attached hydrogens (tertiary/aromatic N) is 1. The molecule has 2 saturated heterocycles. The zero-order valence-electron chi connectivity index (χ0n) is 17.0. The van der Waals surface area contributed by atoms with Crippen LogP contribution in [0.3, 0.4) is 0 Å². The predicted molar refractivity (Wildman–Crippen MR) is 109 cm³/mol. The summed E-state index contributed by atoms with van der Waals surface area (Å²) in [4.78, 5) is 37.3. The van der Waals surface area contributed by atoms with Crippen LogP contribution >= 0.6 is 19.6 Å². The van der Waals surface area contributed by atoms with Crippen molar-refractivity contribution in [1.29, 1.82) is 0 Å². The molecule has 12 nitrogen and oxygen atoms in total. The van der Waals surface area contributed by atoms with Crippen LogP contribution in [-0.4, -0.2) is 69.3 Å². The number of hydrogen-bond acceptors (Lipinski definition) is 11. The van der Waals surface area contributed by atoms with E-state index in [1.54, 1.807) is 13.8 Å². The number of H-pyrrole nitrogens is 1. The molecule has 1 aromatic rings. The number of aliphatic hydroxyl groups is 2. The van der Waals surface area contributed by atoms with Gasteiger partial charge >= 0.3 is 13.5 Å². The van der Waals surface area contributed by atoms with E-state index in [4.69, 9.17) is 18.3 Å². The highest BCUT2D eigenvalue weighted by molar-refractivity contribution is 8.13. The van der Waals surface area contributed by atoms with Crippen molar-refractivity contribution >= 4 is 24.7 Å². The summed E-state index contributed by atoms with van der Waals surface area (Å²) in [6.07, 6.45) is -1.76. The number of rotatable bonds is 7. The molecule has 3 rings (SSSR count). The average molecular weight is 480 g/mol. The monoisotopic (exact) mass is 480 g/mol. The second kappa shape index (κ2) is 9.67. The lowest BCUT2D eigenvalue weighted by Gasteiger charge is -2.21. The number of carbonyl (C=O) groups is 1. The molecule has 5 atom stereocenters. The highest BCUT2D eigenvalue weighted by Crippen LogP contribution is 2.53. The summed E-state index contributed by atoms with van der Waals surface area (Å²) in [6.45, 7) is 2.42. The summed E-state index contributed by atoms with van der Waals surface area (Å²) in [7, 11) is -3.93. The van der Waals surface area contributed by atoms with E-state index < -0.39 is 48.8 Å². The molecule has 0 aromatic carbocycles. The van der Waals surface area contributed by atoms with Gasteiger partial charge in [-0.05, 0) is 13.8 Å². The highest BCUT2D eigenvalue weighted by Gasteiger charge is 2.49. The van der Waals surface area contributed by atoms with Crippen LogP contribution in [0.2, 0.25) is 0 Å². The van der Waals surface area contributed by atoms with Crippen molar-refractivity contribution in [3.05, 3.63) is 33.1 Å². The van der Waals surface area contributed by atoms with Gasteiger partial charge in [0.05, 0.1) is 37.9 Å². The zero-order chi connectivity index (χ0) is 22.8. The first-order chi connectivity index (χ1) is 14.6. The molecule has 14 heteroatoms. The van der Waals surface area contributed by atoms with Crippen LogP contribution < -0.4 is 11.2 Å². The highest BCUT2D eigenvalue weighted by atomic mass is 32.2. The molecule has 2 fully saturated rings. The van der Waals surface area contributed by atoms with Crippen LogP contribution in [0.25, 0.3) is 0 Å². The topological polar surface area (TPSA) is 166 Å². The standard InChI is InChI=1S/C17H25N2O10PS/c1-17(2,9-20)15(23)31-6-5-26-30(25)27-7-10-11(8-28-30)29-14(13(10)22)19-4-3-12(21)18-16(19)24/h3-4,10-11,13-14,20,22H,5-9H2,1-2H3,(H,18,21,24)/t10-,11-,13-,14-,30-/m1/s1. The Kier molecular flexibility index (Phi) is 7.59. The minimum Gasteiger partial charge on any atom is -0.395 e. The number of ether oxygens (including phenoxy) is 1. The summed E-state index contributed by atoms with van der Waals surface area (Å²) >= 11 is 0.939. The quantitative estimate of drug-likeness (QED) is 0.351. The molecule has 0 radical (unpaired) electrons. The number of nitrogens with one attached hydrogen (secondary N) is 1. The van der Waals surface area contributed by atoms with Gasteiger partial charge in [-0.1, -0.05) is 11.8 Å². The average Bonchev–Trinajstić information content (AvgIpc) is 2.93. The first-order valence-electron chi connectivity index (χ1n) is 9.53. The lowest BCUT2D eigenvalue weighted by Crippen LogP contribution is -2.36. The van der Waals surface area contributed by atoms with E-state index in [2.05, 4.69) is 4.98 Å². The summed E-state index contributed by atoms with van der Waals surface area (Å²) in [5, 5.41) is 19.6. The molecule has 0 spiro atoms. The van der Waals surface area contributed by atoms with Crippen molar-refractivity contribution in [3.8, 4) is 0 Å². The van der Waals surface area contributed by atoms with Crippen molar-refractivity contribution in [2.75, 3.05) is 32.2 Å². The van der Waals surface area contributed by atoms with E-state index in [1.807, 2.05) is 0 Å². The van der Waals surface area contributed by atoms with E-state index in [1.165, 1.54) is 6.20 Å². The van der Waals surface area contributed by atoms with E-state index in [-0.39, 0.29) is 37.3 Å². The SMILES string of the molecule is CC(C)(CO)C(=O)SCCO[P@]1(=O)OC[C@H]2[C@@H](O)[C@H](n3ccc(=O)[nH]c3=O)O[C@@H]2CO1. The number of aromatic nitrogens is 2. The molecule has 3 heterocycles. The van der Waals surface area contributed by atoms with Gasteiger partial charge in [0.2, 0.25) is 0 Å². The number of phosphoric ester groups is 1. The molecule has 0 unspecified atom stereocenters. The Bertz CT molecular complexity index is 963. The number of phosphoric acid groups is 1. The Balaban J connectivity index is 1.55. The molecule has 0 amide bonds. The Morgan fingerprint density at radius 2 is 2.10 bits per heavy atom. The maximum atomic E-state index is 12.7. The third-order valence-electron chi connectivity index (χ3n) is 4.98. The molecule has 0 aliphatic carbocycles. The van der Waals surface area contributed by atoms with Crippen molar-refractivity contribution < 1.29 is 37.9 Å². The lowest BCUT2D eigenvalue weighted by atomic mass is 9.97. The van der Waals surface area contributed by atoms with Gasteiger partial charge in [-0.2, -0.15) is 0 Å². The fourth-order valence-electron chi connectivity index (χ4n) is 3.02. The summed E-state index contributed by atoms with van der Waals surface area (Å²) in [5.74, 6) is -0.466. The van der Waals surface area contributed by atoms with E-state index >= 15 is 0 Å². The third kappa shape index (κ3) is 5.55. The van der Waals surface area contributed by atoms with Crippen LogP contribution in [0.4, 0.5) is 0 Å². The maximum absolute atomic E-state index is 12.7. The Morgan fingerprint density at radius 1 is 1.39 bits per heavy atom. The van der Waals surface area contributed by atoms with E-state index in [0.717, 1.165) is 22.4 Å². The molecule has 0 bridgehead atoms. The van der Waals surface area contributed by atoms with Crippen LogP contribution in [0, 0.1) is 11.3 Å². The first kappa shape index (κ1) is 24.3. The fourth-order valence-corrected chi connectivity index (χ4v) is 5.17. The van der Waals surface area contributed by atoms with Gasteiger partial charge in [0.25, 0.3) is 5.56 Å². The van der Waals surface area contributed by atoms with Crippen molar-refractivity contribution in [3.63, 3.8) is 0 Å². The maximum Gasteiger partial charge on any atom is 0.474 e. The zero-order valence-corrected chi connectivity index (χ0v) is 18.7.